The van der Waals surface area contributed by atoms with E-state index in [4.69, 9.17) is 5.26 Å². The number of nitrogens with zero attached hydrogens (tertiary/aromatic N) is 4. The molecule has 0 spiro atoms. The maximum absolute atomic E-state index is 9.76. The zero-order valence-corrected chi connectivity index (χ0v) is 12.0. The van der Waals surface area contributed by atoms with Gasteiger partial charge in [0.25, 0.3) is 0 Å². The highest BCUT2D eigenvalue weighted by molar-refractivity contribution is 5.53. The van der Waals surface area contributed by atoms with Crippen molar-refractivity contribution < 1.29 is 5.11 Å². The molecule has 1 aromatic rings. The molecule has 1 N–H and O–H groups in total. The Kier molecular flexibility index (Phi) is 5.33. The molecule has 0 aromatic carbocycles. The van der Waals surface area contributed by atoms with Gasteiger partial charge in [-0.05, 0) is 31.5 Å². The molecule has 0 aliphatic carbocycles. The molecule has 1 aliphatic heterocycles. The normalized spacial score (nSPS) is 18.4. The maximum Gasteiger partial charge on any atom is 0.146 e. The van der Waals surface area contributed by atoms with Gasteiger partial charge >= 0.3 is 0 Å². The van der Waals surface area contributed by atoms with Crippen LogP contribution >= 0.6 is 0 Å². The minimum absolute atomic E-state index is 0.244. The summed E-state index contributed by atoms with van der Waals surface area (Å²) in [7, 11) is 0. The number of β-amino-alcohol motifs (C(OH)–C–C–N with tert-alkyl or cyclic N) is 1. The fourth-order valence-corrected chi connectivity index (χ4v) is 2.53. The van der Waals surface area contributed by atoms with Crippen molar-refractivity contribution >= 4 is 5.82 Å². The van der Waals surface area contributed by atoms with E-state index in [1.54, 1.807) is 12.3 Å². The first-order chi connectivity index (χ1) is 9.74. The van der Waals surface area contributed by atoms with Crippen molar-refractivity contribution in [2.45, 2.75) is 25.9 Å². The Morgan fingerprint density at radius 2 is 2.25 bits per heavy atom. The van der Waals surface area contributed by atoms with Gasteiger partial charge in [0.2, 0.25) is 0 Å². The van der Waals surface area contributed by atoms with E-state index in [9.17, 15) is 5.11 Å². The first-order valence-electron chi connectivity index (χ1n) is 7.25. The van der Waals surface area contributed by atoms with Crippen LogP contribution in [0.2, 0.25) is 0 Å². The predicted molar refractivity (Wildman–Crippen MR) is 78.5 cm³/mol. The summed E-state index contributed by atoms with van der Waals surface area (Å²) < 4.78 is 0. The van der Waals surface area contributed by atoms with Crippen LogP contribution in [0, 0.1) is 11.3 Å². The third-order valence-electron chi connectivity index (χ3n) is 3.74. The lowest BCUT2D eigenvalue weighted by atomic mass is 10.2. The Bertz CT molecular complexity index is 471. The van der Waals surface area contributed by atoms with Gasteiger partial charge in [-0.15, -0.1) is 0 Å². The van der Waals surface area contributed by atoms with Crippen LogP contribution in [-0.2, 0) is 0 Å². The van der Waals surface area contributed by atoms with Crippen LogP contribution in [0.4, 0.5) is 5.82 Å². The molecule has 1 atom stereocenters. The Morgan fingerprint density at radius 3 is 3.00 bits per heavy atom. The lowest BCUT2D eigenvalue weighted by molar-refractivity contribution is 0.113. The number of pyridine rings is 1. The Morgan fingerprint density at radius 1 is 1.40 bits per heavy atom. The molecule has 1 aliphatic rings. The smallest absolute Gasteiger partial charge is 0.146 e. The number of aromatic nitrogens is 1. The average molecular weight is 274 g/mol. The van der Waals surface area contributed by atoms with E-state index < -0.39 is 0 Å². The standard InChI is InChI=1S/C15H22N4O/c1-2-14(20)12-18-7-4-8-19(10-9-18)15-13(11-16)5-3-6-17-15/h3,5-6,14,20H,2,4,7-10,12H2,1H3. The van der Waals surface area contributed by atoms with Gasteiger partial charge in [-0.3, -0.25) is 4.90 Å². The first-order valence-corrected chi connectivity index (χ1v) is 7.25. The number of nitriles is 1. The summed E-state index contributed by atoms with van der Waals surface area (Å²) in [5.74, 6) is 0.785. The SMILES string of the molecule is CCC(O)CN1CCCN(c2ncccc2C#N)CC1. The molecule has 0 bridgehead atoms. The Hall–Kier alpha value is -1.64. The van der Waals surface area contributed by atoms with Crippen LogP contribution in [0.25, 0.3) is 0 Å². The Labute approximate surface area is 120 Å². The first kappa shape index (κ1) is 14.8. The van der Waals surface area contributed by atoms with E-state index in [2.05, 4.69) is 20.9 Å². The van der Waals surface area contributed by atoms with E-state index in [1.807, 2.05) is 13.0 Å². The third kappa shape index (κ3) is 3.69. The summed E-state index contributed by atoms with van der Waals surface area (Å²) in [5, 5.41) is 18.9. The molecular weight excluding hydrogens is 252 g/mol. The molecule has 0 radical (unpaired) electrons. The zero-order valence-electron chi connectivity index (χ0n) is 12.0. The molecule has 0 saturated carbocycles. The number of rotatable bonds is 4. The van der Waals surface area contributed by atoms with Crippen LogP contribution in [-0.4, -0.2) is 53.8 Å². The van der Waals surface area contributed by atoms with E-state index in [0.29, 0.717) is 5.56 Å². The molecule has 20 heavy (non-hydrogen) atoms. The van der Waals surface area contributed by atoms with Crippen LogP contribution in [0.3, 0.4) is 0 Å². The fraction of sp³-hybridized carbons (Fsp3) is 0.600. The van der Waals surface area contributed by atoms with Crippen molar-refractivity contribution in [1.82, 2.24) is 9.88 Å². The van der Waals surface area contributed by atoms with Crippen LogP contribution in [0.1, 0.15) is 25.3 Å². The molecule has 1 saturated heterocycles. The van der Waals surface area contributed by atoms with Gasteiger partial charge in [-0.2, -0.15) is 5.26 Å². The van der Waals surface area contributed by atoms with Gasteiger partial charge in [0.15, 0.2) is 0 Å². The van der Waals surface area contributed by atoms with E-state index >= 15 is 0 Å². The average Bonchev–Trinajstić information content (AvgIpc) is 2.72. The molecule has 108 valence electrons. The summed E-state index contributed by atoms with van der Waals surface area (Å²) in [4.78, 5) is 8.82. The zero-order chi connectivity index (χ0) is 14.4. The van der Waals surface area contributed by atoms with Crippen molar-refractivity contribution in [2.75, 3.05) is 37.6 Å². The number of hydrogen-bond donors (Lipinski definition) is 1. The van der Waals surface area contributed by atoms with Crippen LogP contribution in [0.5, 0.6) is 0 Å². The van der Waals surface area contributed by atoms with Gasteiger partial charge in [-0.1, -0.05) is 6.92 Å². The molecular formula is C15H22N4O. The molecule has 2 heterocycles. The summed E-state index contributed by atoms with van der Waals surface area (Å²) in [5.41, 5.74) is 0.634. The minimum Gasteiger partial charge on any atom is -0.392 e. The highest BCUT2D eigenvalue weighted by atomic mass is 16.3. The molecule has 0 amide bonds. The molecule has 1 unspecified atom stereocenters. The van der Waals surface area contributed by atoms with Gasteiger partial charge in [0.05, 0.1) is 11.7 Å². The number of aliphatic hydroxyl groups is 1. The topological polar surface area (TPSA) is 63.4 Å². The van der Waals surface area contributed by atoms with Crippen molar-refractivity contribution in [2.24, 2.45) is 0 Å². The lowest BCUT2D eigenvalue weighted by Crippen LogP contribution is -2.36. The van der Waals surface area contributed by atoms with Crippen molar-refractivity contribution in [3.63, 3.8) is 0 Å². The molecule has 5 heteroatoms. The van der Waals surface area contributed by atoms with Crippen molar-refractivity contribution in [3.8, 4) is 6.07 Å². The minimum atomic E-state index is -0.244. The number of aliphatic hydroxyl groups excluding tert-OH is 1. The second-order valence-corrected chi connectivity index (χ2v) is 5.19. The number of hydrogen-bond acceptors (Lipinski definition) is 5. The van der Waals surface area contributed by atoms with E-state index in [-0.39, 0.29) is 6.10 Å². The van der Waals surface area contributed by atoms with Gasteiger partial charge in [0, 0.05) is 32.4 Å². The van der Waals surface area contributed by atoms with Gasteiger partial charge in [0.1, 0.15) is 11.9 Å². The summed E-state index contributed by atoms with van der Waals surface area (Å²) >= 11 is 0. The fourth-order valence-electron chi connectivity index (χ4n) is 2.53. The van der Waals surface area contributed by atoms with Crippen LogP contribution < -0.4 is 4.90 Å². The van der Waals surface area contributed by atoms with Crippen LogP contribution in [0.15, 0.2) is 18.3 Å². The quantitative estimate of drug-likeness (QED) is 0.895. The second-order valence-electron chi connectivity index (χ2n) is 5.19. The third-order valence-corrected chi connectivity index (χ3v) is 3.74. The molecule has 1 aromatic heterocycles. The summed E-state index contributed by atoms with van der Waals surface area (Å²) in [6.45, 7) is 6.38. The van der Waals surface area contributed by atoms with E-state index in [1.165, 1.54) is 0 Å². The van der Waals surface area contributed by atoms with Gasteiger partial charge in [-0.25, -0.2) is 4.98 Å². The largest absolute Gasteiger partial charge is 0.392 e. The van der Waals surface area contributed by atoms with Crippen molar-refractivity contribution in [3.05, 3.63) is 23.9 Å². The highest BCUT2D eigenvalue weighted by Crippen LogP contribution is 2.18. The van der Waals surface area contributed by atoms with E-state index in [0.717, 1.165) is 51.4 Å². The van der Waals surface area contributed by atoms with Gasteiger partial charge < -0.3 is 10.0 Å². The molecule has 1 fully saturated rings. The Balaban J connectivity index is 2.01. The number of anilines is 1. The summed E-state index contributed by atoms with van der Waals surface area (Å²) in [6.07, 6.45) is 3.31. The monoisotopic (exact) mass is 274 g/mol. The summed E-state index contributed by atoms with van der Waals surface area (Å²) in [6, 6.07) is 5.81. The highest BCUT2D eigenvalue weighted by Gasteiger charge is 2.19. The van der Waals surface area contributed by atoms with Crippen molar-refractivity contribution in [1.29, 1.82) is 5.26 Å². The molecule has 2 rings (SSSR count). The predicted octanol–water partition coefficient (Wildman–Crippen LogP) is 1.24. The second kappa shape index (κ2) is 7.22. The molecule has 5 nitrogen and oxygen atoms in total. The maximum atomic E-state index is 9.76. The lowest BCUT2D eigenvalue weighted by Gasteiger charge is -2.24.